The van der Waals surface area contributed by atoms with Gasteiger partial charge in [-0.2, -0.15) is 5.10 Å². The highest BCUT2D eigenvalue weighted by molar-refractivity contribution is 6.02. The first-order chi connectivity index (χ1) is 14.7. The van der Waals surface area contributed by atoms with Crippen molar-refractivity contribution in [2.24, 2.45) is 0 Å². The lowest BCUT2D eigenvalue weighted by Crippen LogP contribution is -2.44. The van der Waals surface area contributed by atoms with Gasteiger partial charge in [0.1, 0.15) is 6.17 Å². The Morgan fingerprint density at radius 1 is 0.900 bits per heavy atom. The molecular formula is C25H22N4O. The van der Waals surface area contributed by atoms with Gasteiger partial charge in [-0.25, -0.2) is 4.68 Å². The minimum atomic E-state index is -0.319. The number of para-hydroxylation sites is 2. The van der Waals surface area contributed by atoms with E-state index in [1.165, 1.54) is 0 Å². The van der Waals surface area contributed by atoms with E-state index in [1.807, 2.05) is 94.8 Å². The first-order valence-corrected chi connectivity index (χ1v) is 10.1. The molecular weight excluding hydrogens is 372 g/mol. The molecule has 1 aromatic heterocycles. The first kappa shape index (κ1) is 18.2. The molecule has 0 unspecified atom stereocenters. The maximum Gasteiger partial charge on any atom is 0.258 e. The number of rotatable bonds is 4. The van der Waals surface area contributed by atoms with Gasteiger partial charge in [0.15, 0.2) is 0 Å². The van der Waals surface area contributed by atoms with Crippen LogP contribution in [-0.2, 0) is 0 Å². The fourth-order valence-electron chi connectivity index (χ4n) is 4.00. The Hall–Kier alpha value is -3.86. The van der Waals surface area contributed by atoms with Crippen LogP contribution in [0.4, 0.5) is 5.69 Å². The maximum atomic E-state index is 13.6. The molecule has 2 atom stereocenters. The van der Waals surface area contributed by atoms with Gasteiger partial charge in [0.2, 0.25) is 0 Å². The van der Waals surface area contributed by atoms with Gasteiger partial charge in [0.05, 0.1) is 23.5 Å². The van der Waals surface area contributed by atoms with Crippen LogP contribution in [0.15, 0.2) is 97.3 Å². The first-order valence-electron chi connectivity index (χ1n) is 10.1. The second-order valence-corrected chi connectivity index (χ2v) is 7.45. The molecule has 0 bridgehead atoms. The predicted octanol–water partition coefficient (Wildman–Crippen LogP) is 5.20. The van der Waals surface area contributed by atoms with Crippen LogP contribution in [0.3, 0.4) is 0 Å². The quantitative estimate of drug-likeness (QED) is 0.518. The molecule has 0 spiro atoms. The van der Waals surface area contributed by atoms with E-state index >= 15 is 0 Å². The topological polar surface area (TPSA) is 50.2 Å². The number of amides is 1. The Morgan fingerprint density at radius 2 is 1.57 bits per heavy atom. The molecule has 1 amide bonds. The fourth-order valence-corrected chi connectivity index (χ4v) is 4.00. The number of carbonyl (C=O) groups is 1. The molecule has 1 aliphatic heterocycles. The summed E-state index contributed by atoms with van der Waals surface area (Å²) < 4.78 is 1.84. The summed E-state index contributed by atoms with van der Waals surface area (Å²) in [6.45, 7) is 2.07. The van der Waals surface area contributed by atoms with Crippen LogP contribution in [-0.4, -0.2) is 20.6 Å². The molecule has 0 fully saturated rings. The summed E-state index contributed by atoms with van der Waals surface area (Å²) in [6.07, 6.45) is 3.50. The highest BCUT2D eigenvalue weighted by Gasteiger charge is 2.37. The van der Waals surface area contributed by atoms with E-state index in [0.717, 1.165) is 22.5 Å². The zero-order valence-corrected chi connectivity index (χ0v) is 16.6. The van der Waals surface area contributed by atoms with Gasteiger partial charge in [0.25, 0.3) is 5.91 Å². The normalized spacial score (nSPS) is 16.6. The lowest BCUT2D eigenvalue weighted by atomic mass is 10.00. The van der Waals surface area contributed by atoms with E-state index < -0.39 is 0 Å². The van der Waals surface area contributed by atoms with Crippen LogP contribution in [0, 0.1) is 0 Å². The van der Waals surface area contributed by atoms with Crippen molar-refractivity contribution in [2.45, 2.75) is 19.1 Å². The number of nitrogens with one attached hydrogen (secondary N) is 1. The summed E-state index contributed by atoms with van der Waals surface area (Å²) in [7, 11) is 0. The van der Waals surface area contributed by atoms with Gasteiger partial charge in [-0.05, 0) is 36.8 Å². The number of benzene rings is 3. The minimum Gasteiger partial charge on any atom is -0.361 e. The Balaban J connectivity index is 1.58. The molecule has 1 N–H and O–H groups in total. The molecule has 0 aliphatic carbocycles. The maximum absolute atomic E-state index is 13.6. The smallest absolute Gasteiger partial charge is 0.258 e. The van der Waals surface area contributed by atoms with Crippen LogP contribution >= 0.6 is 0 Å². The van der Waals surface area contributed by atoms with Gasteiger partial charge in [0, 0.05) is 17.4 Å². The van der Waals surface area contributed by atoms with Crippen molar-refractivity contribution in [3.8, 4) is 5.69 Å². The summed E-state index contributed by atoms with van der Waals surface area (Å²) in [4.78, 5) is 15.5. The molecule has 5 nitrogen and oxygen atoms in total. The number of hydrogen-bond acceptors (Lipinski definition) is 3. The second-order valence-electron chi connectivity index (χ2n) is 7.45. The van der Waals surface area contributed by atoms with Crippen molar-refractivity contribution in [3.63, 3.8) is 0 Å². The van der Waals surface area contributed by atoms with Crippen molar-refractivity contribution in [2.75, 3.05) is 5.32 Å². The highest BCUT2D eigenvalue weighted by Crippen LogP contribution is 2.38. The van der Waals surface area contributed by atoms with Gasteiger partial charge < -0.3 is 10.2 Å². The number of fused-ring (bicyclic) bond motifs is 1. The second kappa shape index (κ2) is 7.52. The zero-order chi connectivity index (χ0) is 20.5. The standard InChI is InChI=1S/C25H22N4O/c1-18(19-10-4-2-5-11-19)29-24(27-23-15-9-8-14-22(23)25(29)30)20-16-26-28(17-20)21-12-6-3-7-13-21/h2-18,24,27H,1H3/t18-,24-/m0/s1. The molecule has 0 saturated heterocycles. The third-order valence-electron chi connectivity index (χ3n) is 5.60. The number of aromatic nitrogens is 2. The third-order valence-corrected chi connectivity index (χ3v) is 5.60. The SMILES string of the molecule is C[C@@H](c1ccccc1)N1C(=O)c2ccccc2N[C@@H]1c1cnn(-c2ccccc2)c1. The fraction of sp³-hybridized carbons (Fsp3) is 0.120. The zero-order valence-electron chi connectivity index (χ0n) is 16.6. The van der Waals surface area contributed by atoms with Crippen molar-refractivity contribution in [3.05, 3.63) is 114 Å². The van der Waals surface area contributed by atoms with Crippen molar-refractivity contribution in [1.29, 1.82) is 0 Å². The van der Waals surface area contributed by atoms with Crippen LogP contribution in [0.2, 0.25) is 0 Å². The highest BCUT2D eigenvalue weighted by atomic mass is 16.2. The summed E-state index contributed by atoms with van der Waals surface area (Å²) in [5.41, 5.74) is 4.54. The van der Waals surface area contributed by atoms with Crippen molar-refractivity contribution in [1.82, 2.24) is 14.7 Å². The van der Waals surface area contributed by atoms with E-state index in [4.69, 9.17) is 0 Å². The van der Waals surface area contributed by atoms with E-state index in [2.05, 4.69) is 29.5 Å². The summed E-state index contributed by atoms with van der Waals surface area (Å²) >= 11 is 0. The Labute approximate surface area is 175 Å². The predicted molar refractivity (Wildman–Crippen MR) is 117 cm³/mol. The van der Waals surface area contributed by atoms with Gasteiger partial charge in [-0.1, -0.05) is 60.7 Å². The molecule has 3 aromatic carbocycles. The Morgan fingerprint density at radius 3 is 2.33 bits per heavy atom. The van der Waals surface area contributed by atoms with Crippen LogP contribution in [0.1, 0.15) is 40.6 Å². The average Bonchev–Trinajstić information content (AvgIpc) is 3.30. The summed E-state index contributed by atoms with van der Waals surface area (Å²) in [5, 5.41) is 8.11. The molecule has 1 aliphatic rings. The third kappa shape index (κ3) is 3.14. The van der Waals surface area contributed by atoms with E-state index in [1.54, 1.807) is 0 Å². The van der Waals surface area contributed by atoms with E-state index in [-0.39, 0.29) is 18.1 Å². The molecule has 5 rings (SSSR count). The largest absolute Gasteiger partial charge is 0.361 e. The van der Waals surface area contributed by atoms with Gasteiger partial charge in [-0.3, -0.25) is 4.79 Å². The molecule has 148 valence electrons. The minimum absolute atomic E-state index is 0.0122. The van der Waals surface area contributed by atoms with Gasteiger partial charge >= 0.3 is 0 Å². The van der Waals surface area contributed by atoms with Crippen molar-refractivity contribution >= 4 is 11.6 Å². The summed E-state index contributed by atoms with van der Waals surface area (Å²) in [6, 6.07) is 27.6. The molecule has 0 saturated carbocycles. The molecule has 5 heteroatoms. The monoisotopic (exact) mass is 394 g/mol. The molecule has 4 aromatic rings. The van der Waals surface area contributed by atoms with Crippen molar-refractivity contribution < 1.29 is 4.79 Å². The average molecular weight is 394 g/mol. The Bertz CT molecular complexity index is 1170. The Kier molecular flexibility index (Phi) is 4.56. The number of hydrogen-bond donors (Lipinski definition) is 1. The summed E-state index contributed by atoms with van der Waals surface area (Å²) in [5.74, 6) is 0.0122. The number of nitrogens with zero attached hydrogens (tertiary/aromatic N) is 3. The lowest BCUT2D eigenvalue weighted by molar-refractivity contribution is 0.0596. The van der Waals surface area contributed by atoms with Crippen LogP contribution in [0.25, 0.3) is 5.69 Å². The van der Waals surface area contributed by atoms with Gasteiger partial charge in [-0.15, -0.1) is 0 Å². The molecule has 0 radical (unpaired) electrons. The lowest BCUT2D eigenvalue weighted by Gasteiger charge is -2.41. The number of carbonyl (C=O) groups excluding carboxylic acids is 1. The molecule has 30 heavy (non-hydrogen) atoms. The molecule has 2 heterocycles. The number of anilines is 1. The van der Waals surface area contributed by atoms with E-state index in [0.29, 0.717) is 5.56 Å². The van der Waals surface area contributed by atoms with Crippen LogP contribution in [0.5, 0.6) is 0 Å². The van der Waals surface area contributed by atoms with E-state index in [9.17, 15) is 4.79 Å². The van der Waals surface area contributed by atoms with Crippen LogP contribution < -0.4 is 5.32 Å².